The van der Waals surface area contributed by atoms with Crippen LogP contribution >= 0.6 is 38.5 Å². The maximum Gasteiger partial charge on any atom is 0.266 e. The fraction of sp³-hybridized carbons (Fsp3) is 0.120. The Morgan fingerprint density at radius 2 is 1.85 bits per heavy atom. The Balaban J connectivity index is 1.72. The monoisotopic (exact) mass is 620 g/mol. The molecule has 0 aliphatic carbocycles. The summed E-state index contributed by atoms with van der Waals surface area (Å²) >= 11 is 5.62. The van der Waals surface area contributed by atoms with Gasteiger partial charge in [0.15, 0.2) is 0 Å². The van der Waals surface area contributed by atoms with E-state index in [1.807, 2.05) is 19.1 Å². The van der Waals surface area contributed by atoms with E-state index in [0.29, 0.717) is 33.8 Å². The second-order valence-electron chi connectivity index (χ2n) is 6.81. The second kappa shape index (κ2) is 11.8. The number of nitrogens with zero attached hydrogens (tertiary/aromatic N) is 1. The number of carbonyl (C=O) groups excluding carboxylic acids is 1. The van der Waals surface area contributed by atoms with Gasteiger partial charge >= 0.3 is 0 Å². The van der Waals surface area contributed by atoms with Gasteiger partial charge in [-0.15, -0.1) is 0 Å². The van der Waals surface area contributed by atoms with Crippen molar-refractivity contribution in [1.82, 2.24) is 0 Å². The number of nitrogens with one attached hydrogen (secondary N) is 1. The lowest BCUT2D eigenvalue weighted by Gasteiger charge is -2.12. The van der Waals surface area contributed by atoms with Crippen molar-refractivity contribution in [3.8, 4) is 17.6 Å². The van der Waals surface area contributed by atoms with Crippen molar-refractivity contribution in [3.63, 3.8) is 0 Å². The average Bonchev–Trinajstić information content (AvgIpc) is 2.79. The summed E-state index contributed by atoms with van der Waals surface area (Å²) < 4.78 is 25.8. The largest absolute Gasteiger partial charge is 0.494 e. The number of hydrogen-bond acceptors (Lipinski definition) is 4. The van der Waals surface area contributed by atoms with E-state index in [0.717, 1.165) is 9.13 Å². The van der Waals surface area contributed by atoms with Gasteiger partial charge in [0.05, 0.1) is 14.6 Å². The molecule has 0 bridgehead atoms. The van der Waals surface area contributed by atoms with Crippen molar-refractivity contribution in [1.29, 1.82) is 5.26 Å². The number of rotatable bonds is 8. The average molecular weight is 621 g/mol. The molecule has 1 amide bonds. The highest BCUT2D eigenvalue weighted by Crippen LogP contribution is 2.33. The molecule has 0 unspecified atom stereocenters. The Hall–Kier alpha value is -2.90. The lowest BCUT2D eigenvalue weighted by molar-refractivity contribution is -0.112. The first-order valence-corrected chi connectivity index (χ1v) is 11.8. The highest BCUT2D eigenvalue weighted by Gasteiger charge is 2.13. The smallest absolute Gasteiger partial charge is 0.266 e. The van der Waals surface area contributed by atoms with Crippen molar-refractivity contribution >= 4 is 56.2 Å². The van der Waals surface area contributed by atoms with E-state index in [-0.39, 0.29) is 18.0 Å². The molecule has 0 fully saturated rings. The molecule has 33 heavy (non-hydrogen) atoms. The third kappa shape index (κ3) is 7.04. The summed E-state index contributed by atoms with van der Waals surface area (Å²) in [5.74, 6) is 0.511. The molecule has 3 rings (SSSR count). The van der Waals surface area contributed by atoms with Crippen LogP contribution in [-0.2, 0) is 11.4 Å². The fourth-order valence-electron chi connectivity index (χ4n) is 2.85. The van der Waals surface area contributed by atoms with E-state index in [4.69, 9.17) is 9.47 Å². The summed E-state index contributed by atoms with van der Waals surface area (Å²) in [4.78, 5) is 12.6. The molecule has 0 saturated carbocycles. The fourth-order valence-corrected chi connectivity index (χ4v) is 4.62. The molecule has 0 aliphatic rings. The van der Waals surface area contributed by atoms with Crippen LogP contribution in [0, 0.1) is 20.7 Å². The lowest BCUT2D eigenvalue weighted by Crippen LogP contribution is -2.13. The molecular formula is C25H19BrFIN2O3. The molecule has 0 atom stereocenters. The van der Waals surface area contributed by atoms with Crippen LogP contribution in [0.2, 0.25) is 0 Å². The van der Waals surface area contributed by atoms with Gasteiger partial charge in [0.2, 0.25) is 0 Å². The highest BCUT2D eigenvalue weighted by atomic mass is 127. The molecule has 168 valence electrons. The zero-order chi connectivity index (χ0) is 23.8. The SMILES string of the molecule is CCOc1ccc(NC(=O)/C(C#N)=C\c2cc(Br)c(OCc3ccc(F)cc3)c(I)c2)cc1. The van der Waals surface area contributed by atoms with E-state index >= 15 is 0 Å². The number of nitriles is 1. The second-order valence-corrected chi connectivity index (χ2v) is 8.83. The van der Waals surface area contributed by atoms with Gasteiger partial charge in [-0.1, -0.05) is 12.1 Å². The molecular weight excluding hydrogens is 602 g/mol. The van der Waals surface area contributed by atoms with Crippen LogP contribution in [0.3, 0.4) is 0 Å². The van der Waals surface area contributed by atoms with Gasteiger partial charge in [0.25, 0.3) is 5.91 Å². The van der Waals surface area contributed by atoms with Crippen molar-refractivity contribution in [2.24, 2.45) is 0 Å². The van der Waals surface area contributed by atoms with E-state index in [1.165, 1.54) is 18.2 Å². The molecule has 5 nitrogen and oxygen atoms in total. The van der Waals surface area contributed by atoms with Crippen molar-refractivity contribution in [2.45, 2.75) is 13.5 Å². The van der Waals surface area contributed by atoms with Crippen LogP contribution in [0.4, 0.5) is 10.1 Å². The van der Waals surface area contributed by atoms with E-state index in [1.54, 1.807) is 42.5 Å². The Morgan fingerprint density at radius 3 is 2.45 bits per heavy atom. The van der Waals surface area contributed by atoms with Crippen LogP contribution in [-0.4, -0.2) is 12.5 Å². The zero-order valence-corrected chi connectivity index (χ0v) is 21.3. The van der Waals surface area contributed by atoms with Crippen molar-refractivity contribution in [3.05, 3.63) is 91.2 Å². The topological polar surface area (TPSA) is 71.3 Å². The van der Waals surface area contributed by atoms with E-state index < -0.39 is 5.91 Å². The molecule has 0 radical (unpaired) electrons. The number of benzene rings is 3. The van der Waals surface area contributed by atoms with E-state index in [9.17, 15) is 14.4 Å². The number of anilines is 1. The van der Waals surface area contributed by atoms with Crippen LogP contribution in [0.5, 0.6) is 11.5 Å². The maximum atomic E-state index is 13.1. The van der Waals surface area contributed by atoms with Gasteiger partial charge in [0.1, 0.15) is 35.6 Å². The standard InChI is InChI=1S/C25H19BrFIN2O3/c1-2-32-21-9-7-20(8-10-21)30-25(31)18(14-29)11-17-12-22(26)24(23(28)13-17)33-15-16-3-5-19(27)6-4-16/h3-13H,2,15H2,1H3,(H,30,31)/b18-11-. The number of carbonyl (C=O) groups is 1. The zero-order valence-electron chi connectivity index (χ0n) is 17.6. The third-order valence-corrected chi connectivity index (χ3v) is 5.81. The summed E-state index contributed by atoms with van der Waals surface area (Å²) in [7, 11) is 0. The van der Waals surface area contributed by atoms with Crippen LogP contribution in [0.25, 0.3) is 6.08 Å². The lowest BCUT2D eigenvalue weighted by atomic mass is 10.1. The summed E-state index contributed by atoms with van der Waals surface area (Å²) in [6, 6.07) is 18.5. The summed E-state index contributed by atoms with van der Waals surface area (Å²) in [5, 5.41) is 12.2. The van der Waals surface area contributed by atoms with Crippen LogP contribution in [0.15, 0.2) is 70.7 Å². The molecule has 3 aromatic carbocycles. The molecule has 0 spiro atoms. The van der Waals surface area contributed by atoms with E-state index in [2.05, 4.69) is 43.8 Å². The minimum absolute atomic E-state index is 0.0356. The predicted molar refractivity (Wildman–Crippen MR) is 137 cm³/mol. The summed E-state index contributed by atoms with van der Waals surface area (Å²) in [6.07, 6.45) is 1.51. The Morgan fingerprint density at radius 1 is 1.15 bits per heavy atom. The maximum absolute atomic E-state index is 13.1. The Bertz CT molecular complexity index is 1180. The highest BCUT2D eigenvalue weighted by molar-refractivity contribution is 14.1. The van der Waals surface area contributed by atoms with Gasteiger partial charge in [-0.05, 0) is 111 Å². The first-order valence-electron chi connectivity index (χ1n) is 9.92. The first-order chi connectivity index (χ1) is 15.9. The number of amides is 1. The van der Waals surface area contributed by atoms with Gasteiger partial charge in [-0.3, -0.25) is 4.79 Å². The third-order valence-electron chi connectivity index (χ3n) is 4.42. The minimum Gasteiger partial charge on any atom is -0.494 e. The molecule has 1 N–H and O–H groups in total. The molecule has 0 aliphatic heterocycles. The quantitative estimate of drug-likeness (QED) is 0.172. The first kappa shape index (κ1) is 24.7. The Labute approximate surface area is 213 Å². The van der Waals surface area contributed by atoms with Crippen molar-refractivity contribution < 1.29 is 18.7 Å². The van der Waals surface area contributed by atoms with Crippen LogP contribution < -0.4 is 14.8 Å². The number of halogens is 3. The molecule has 8 heteroatoms. The molecule has 0 heterocycles. The molecule has 0 saturated heterocycles. The van der Waals surface area contributed by atoms with Gasteiger partial charge in [0, 0.05) is 5.69 Å². The number of ether oxygens (including phenoxy) is 2. The van der Waals surface area contributed by atoms with Crippen molar-refractivity contribution in [2.75, 3.05) is 11.9 Å². The molecule has 0 aromatic heterocycles. The number of hydrogen-bond donors (Lipinski definition) is 1. The van der Waals surface area contributed by atoms with Gasteiger partial charge in [-0.25, -0.2) is 4.39 Å². The summed E-state index contributed by atoms with van der Waals surface area (Å²) in [6.45, 7) is 2.72. The van der Waals surface area contributed by atoms with Gasteiger partial charge < -0.3 is 14.8 Å². The predicted octanol–water partition coefficient (Wildman–Crippen LogP) is 6.72. The Kier molecular flexibility index (Phi) is 8.86. The van der Waals surface area contributed by atoms with Gasteiger partial charge in [-0.2, -0.15) is 5.26 Å². The summed E-state index contributed by atoms with van der Waals surface area (Å²) in [5.41, 5.74) is 2.02. The minimum atomic E-state index is -0.510. The normalized spacial score (nSPS) is 10.9. The van der Waals surface area contributed by atoms with Crippen LogP contribution in [0.1, 0.15) is 18.1 Å². The molecule has 3 aromatic rings.